The summed E-state index contributed by atoms with van der Waals surface area (Å²) >= 11 is 6.51. The van der Waals surface area contributed by atoms with Crippen molar-refractivity contribution in [3.63, 3.8) is 0 Å². The average Bonchev–Trinajstić information content (AvgIpc) is 3.66. The Bertz CT molecular complexity index is 1040. The van der Waals surface area contributed by atoms with Gasteiger partial charge in [0.15, 0.2) is 0 Å². The maximum Gasteiger partial charge on any atom is 0.250 e. The van der Waals surface area contributed by atoms with Gasteiger partial charge in [-0.1, -0.05) is 11.6 Å². The minimum absolute atomic E-state index is 0.0214. The Morgan fingerprint density at radius 1 is 1.21 bits per heavy atom. The van der Waals surface area contributed by atoms with Crippen LogP contribution in [0.2, 0.25) is 5.02 Å². The Morgan fingerprint density at radius 3 is 2.76 bits per heavy atom. The van der Waals surface area contributed by atoms with Crippen LogP contribution >= 0.6 is 11.6 Å². The molecule has 2 atom stereocenters. The molecule has 0 radical (unpaired) electrons. The molecular weight excluding hydrogens is 442 g/mol. The Balaban J connectivity index is 1.55. The molecule has 0 bridgehead atoms. The van der Waals surface area contributed by atoms with Gasteiger partial charge in [-0.15, -0.1) is 0 Å². The predicted octanol–water partition coefficient (Wildman–Crippen LogP) is 2.95. The van der Waals surface area contributed by atoms with Crippen LogP contribution in [-0.4, -0.2) is 54.8 Å². The normalized spacial score (nSPS) is 20.5. The van der Waals surface area contributed by atoms with E-state index in [2.05, 4.69) is 5.32 Å². The minimum atomic E-state index is -0.216. The van der Waals surface area contributed by atoms with E-state index in [4.69, 9.17) is 21.1 Å². The van der Waals surface area contributed by atoms with Crippen LogP contribution in [0.25, 0.3) is 0 Å². The van der Waals surface area contributed by atoms with Gasteiger partial charge in [-0.3, -0.25) is 9.59 Å². The van der Waals surface area contributed by atoms with Crippen molar-refractivity contribution in [1.29, 1.82) is 0 Å². The Labute approximate surface area is 199 Å². The van der Waals surface area contributed by atoms with Crippen LogP contribution in [0.15, 0.2) is 41.3 Å². The number of aryl methyl sites for hydroxylation is 1. The van der Waals surface area contributed by atoms with Gasteiger partial charge >= 0.3 is 0 Å². The minimum Gasteiger partial charge on any atom is -0.491 e. The molecule has 2 heterocycles. The van der Waals surface area contributed by atoms with Crippen LogP contribution < -0.4 is 15.6 Å². The third-order valence-electron chi connectivity index (χ3n) is 6.54. The SMILES string of the molecule is COCCOc1ccc(Cl)c(CN(C(=O)C2CNCC[C@@H]2c2ccn(C)c(=O)c2)C2CC2)c1. The molecule has 1 unspecified atom stereocenters. The predicted molar refractivity (Wildman–Crippen MR) is 128 cm³/mol. The topological polar surface area (TPSA) is 72.8 Å². The van der Waals surface area contributed by atoms with E-state index >= 15 is 0 Å². The largest absolute Gasteiger partial charge is 0.491 e. The van der Waals surface area contributed by atoms with Crippen LogP contribution in [0.3, 0.4) is 0 Å². The van der Waals surface area contributed by atoms with E-state index in [0.29, 0.717) is 37.1 Å². The van der Waals surface area contributed by atoms with Gasteiger partial charge in [0.2, 0.25) is 5.91 Å². The summed E-state index contributed by atoms with van der Waals surface area (Å²) in [5.74, 6) is 0.642. The summed E-state index contributed by atoms with van der Waals surface area (Å²) in [7, 11) is 3.37. The van der Waals surface area contributed by atoms with Gasteiger partial charge in [-0.05, 0) is 67.1 Å². The van der Waals surface area contributed by atoms with Crippen molar-refractivity contribution in [3.8, 4) is 5.75 Å². The highest BCUT2D eigenvalue weighted by Crippen LogP contribution is 2.36. The molecule has 8 heteroatoms. The molecule has 2 fully saturated rings. The molecule has 4 rings (SSSR count). The molecule has 1 aromatic carbocycles. The van der Waals surface area contributed by atoms with Gasteiger partial charge in [0.1, 0.15) is 12.4 Å². The van der Waals surface area contributed by atoms with Crippen LogP contribution in [0.4, 0.5) is 0 Å². The molecule has 178 valence electrons. The fourth-order valence-electron chi connectivity index (χ4n) is 4.49. The number of halogens is 1. The lowest BCUT2D eigenvalue weighted by molar-refractivity contribution is -0.138. The van der Waals surface area contributed by atoms with Crippen molar-refractivity contribution in [3.05, 3.63) is 63.0 Å². The number of nitrogens with one attached hydrogen (secondary N) is 1. The second-order valence-corrected chi connectivity index (χ2v) is 9.31. The molecular formula is C25H32ClN3O4. The fourth-order valence-corrected chi connectivity index (χ4v) is 4.66. The van der Waals surface area contributed by atoms with E-state index in [1.54, 1.807) is 31.0 Å². The summed E-state index contributed by atoms with van der Waals surface area (Å²) in [5.41, 5.74) is 1.77. The quantitative estimate of drug-likeness (QED) is 0.567. The van der Waals surface area contributed by atoms with Crippen molar-refractivity contribution in [1.82, 2.24) is 14.8 Å². The molecule has 1 saturated heterocycles. The summed E-state index contributed by atoms with van der Waals surface area (Å²) in [6.07, 6.45) is 4.62. The first-order valence-corrected chi connectivity index (χ1v) is 11.9. The number of methoxy groups -OCH3 is 1. The van der Waals surface area contributed by atoms with E-state index in [1.807, 2.05) is 29.2 Å². The second kappa shape index (κ2) is 10.7. The van der Waals surface area contributed by atoms with Crippen molar-refractivity contribution >= 4 is 17.5 Å². The fraction of sp³-hybridized carbons (Fsp3) is 0.520. The molecule has 2 aromatic rings. The number of carbonyl (C=O) groups excluding carboxylic acids is 1. The molecule has 1 saturated carbocycles. The van der Waals surface area contributed by atoms with E-state index in [1.165, 1.54) is 0 Å². The number of benzene rings is 1. The number of amides is 1. The van der Waals surface area contributed by atoms with Gasteiger partial charge in [-0.2, -0.15) is 0 Å². The van der Waals surface area contributed by atoms with Gasteiger partial charge in [0, 0.05) is 50.6 Å². The third-order valence-corrected chi connectivity index (χ3v) is 6.91. The van der Waals surface area contributed by atoms with Crippen LogP contribution in [0, 0.1) is 5.92 Å². The molecule has 33 heavy (non-hydrogen) atoms. The number of rotatable bonds is 9. The van der Waals surface area contributed by atoms with Crippen LogP contribution in [0.1, 0.15) is 36.3 Å². The first kappa shape index (κ1) is 23.8. The number of carbonyl (C=O) groups is 1. The number of hydrogen-bond acceptors (Lipinski definition) is 5. The van der Waals surface area contributed by atoms with Crippen molar-refractivity contribution in [2.45, 2.75) is 37.8 Å². The molecule has 1 amide bonds. The molecule has 1 N–H and O–H groups in total. The highest BCUT2D eigenvalue weighted by Gasteiger charge is 2.40. The first-order valence-electron chi connectivity index (χ1n) is 11.6. The second-order valence-electron chi connectivity index (χ2n) is 8.91. The highest BCUT2D eigenvalue weighted by atomic mass is 35.5. The zero-order chi connectivity index (χ0) is 23.4. The number of piperidine rings is 1. The average molecular weight is 474 g/mol. The van der Waals surface area contributed by atoms with Crippen molar-refractivity contribution < 1.29 is 14.3 Å². The van der Waals surface area contributed by atoms with E-state index < -0.39 is 0 Å². The van der Waals surface area contributed by atoms with Gasteiger partial charge in [0.25, 0.3) is 5.56 Å². The standard InChI is InChI=1S/C25H32ClN3O4/c1-28-10-8-17(14-24(28)30)21-7-9-27-15-22(21)25(31)29(19-3-4-19)16-18-13-20(5-6-23(18)26)33-12-11-32-2/h5-6,8,10,13-14,19,21-22,27H,3-4,7,9,11-12,15-16H2,1-2H3/t21-,22?/m1/s1. The smallest absolute Gasteiger partial charge is 0.250 e. The molecule has 7 nitrogen and oxygen atoms in total. The Morgan fingerprint density at radius 2 is 2.03 bits per heavy atom. The van der Waals surface area contributed by atoms with Crippen LogP contribution in [0.5, 0.6) is 5.75 Å². The summed E-state index contributed by atoms with van der Waals surface area (Å²) in [6, 6.07) is 9.45. The number of aromatic nitrogens is 1. The molecule has 2 aliphatic rings. The molecule has 1 aromatic heterocycles. The monoisotopic (exact) mass is 473 g/mol. The molecule has 1 aliphatic carbocycles. The third kappa shape index (κ3) is 5.78. The lowest BCUT2D eigenvalue weighted by Gasteiger charge is -2.36. The highest BCUT2D eigenvalue weighted by molar-refractivity contribution is 6.31. The van der Waals surface area contributed by atoms with Gasteiger partial charge in [-0.25, -0.2) is 0 Å². The molecule has 0 spiro atoms. The maximum absolute atomic E-state index is 13.8. The number of pyridine rings is 1. The van der Waals surface area contributed by atoms with E-state index in [-0.39, 0.29) is 29.3 Å². The molecule has 1 aliphatic heterocycles. The number of ether oxygens (including phenoxy) is 2. The lowest BCUT2D eigenvalue weighted by atomic mass is 9.80. The summed E-state index contributed by atoms with van der Waals surface area (Å²) in [4.78, 5) is 28.1. The maximum atomic E-state index is 13.8. The number of nitrogens with zero attached hydrogens (tertiary/aromatic N) is 2. The van der Waals surface area contributed by atoms with Crippen LogP contribution in [-0.2, 0) is 23.1 Å². The van der Waals surface area contributed by atoms with Crippen molar-refractivity contribution in [2.24, 2.45) is 13.0 Å². The zero-order valence-corrected chi connectivity index (χ0v) is 20.0. The van der Waals surface area contributed by atoms with E-state index in [0.717, 1.165) is 36.9 Å². The van der Waals surface area contributed by atoms with E-state index in [9.17, 15) is 9.59 Å². The number of hydrogen-bond donors (Lipinski definition) is 1. The first-order chi connectivity index (χ1) is 16.0. The van der Waals surface area contributed by atoms with Gasteiger partial charge in [0.05, 0.1) is 12.5 Å². The summed E-state index contributed by atoms with van der Waals surface area (Å²) < 4.78 is 12.4. The lowest BCUT2D eigenvalue weighted by Crippen LogP contribution is -2.47. The summed E-state index contributed by atoms with van der Waals surface area (Å²) in [6.45, 7) is 2.84. The zero-order valence-electron chi connectivity index (χ0n) is 19.3. The van der Waals surface area contributed by atoms with Gasteiger partial charge < -0.3 is 24.3 Å². The Hall–Kier alpha value is -2.35. The van der Waals surface area contributed by atoms with Crippen molar-refractivity contribution in [2.75, 3.05) is 33.4 Å². The summed E-state index contributed by atoms with van der Waals surface area (Å²) in [5, 5.41) is 4.00. The Kier molecular flexibility index (Phi) is 7.73.